The van der Waals surface area contributed by atoms with Crippen molar-refractivity contribution >= 4 is 15.7 Å². The van der Waals surface area contributed by atoms with Crippen molar-refractivity contribution in [3.63, 3.8) is 0 Å². The highest BCUT2D eigenvalue weighted by Crippen LogP contribution is 2.22. The Morgan fingerprint density at radius 1 is 1.12 bits per heavy atom. The number of aromatic nitrogens is 2. The Balaban J connectivity index is 1.80. The summed E-state index contributed by atoms with van der Waals surface area (Å²) in [5.74, 6) is 0.401. The molecule has 0 aliphatic rings. The third-order valence-electron chi connectivity index (χ3n) is 4.08. The predicted molar refractivity (Wildman–Crippen MR) is 99.5 cm³/mol. The smallest absolute Gasteiger partial charge is 0.252 e. The lowest BCUT2D eigenvalue weighted by atomic mass is 10.0. The molecule has 3 aromatic rings. The molecule has 0 bridgehead atoms. The Morgan fingerprint density at radius 3 is 2.42 bits per heavy atom. The lowest BCUT2D eigenvalue weighted by molar-refractivity contribution is 0.0940. The molecule has 26 heavy (non-hydrogen) atoms. The van der Waals surface area contributed by atoms with Gasteiger partial charge in [0.2, 0.25) is 0 Å². The monoisotopic (exact) mass is 369 g/mol. The molecule has 7 heteroatoms. The number of hydrogen-bond donors (Lipinski definition) is 2. The van der Waals surface area contributed by atoms with Crippen LogP contribution in [0.5, 0.6) is 0 Å². The maximum atomic E-state index is 12.7. The van der Waals surface area contributed by atoms with E-state index in [0.29, 0.717) is 11.4 Å². The van der Waals surface area contributed by atoms with Gasteiger partial charge in [0.05, 0.1) is 16.5 Å². The van der Waals surface area contributed by atoms with Crippen LogP contribution in [-0.2, 0) is 9.84 Å². The second-order valence-electron chi connectivity index (χ2n) is 6.02. The van der Waals surface area contributed by atoms with Gasteiger partial charge in [0.1, 0.15) is 5.82 Å². The number of hydrogen-bond acceptors (Lipinski definition) is 4. The Morgan fingerprint density at radius 2 is 1.81 bits per heavy atom. The number of sulfone groups is 1. The molecule has 1 amide bonds. The van der Waals surface area contributed by atoms with Gasteiger partial charge in [-0.15, -0.1) is 0 Å². The number of nitrogens with zero attached hydrogens (tertiary/aromatic N) is 1. The van der Waals surface area contributed by atoms with Gasteiger partial charge in [-0.1, -0.05) is 30.3 Å². The summed E-state index contributed by atoms with van der Waals surface area (Å²) in [5.41, 5.74) is 2.05. The predicted octanol–water partition coefficient (Wildman–Crippen LogP) is 2.97. The fourth-order valence-corrected chi connectivity index (χ4v) is 3.29. The Kier molecular flexibility index (Phi) is 4.90. The second-order valence-corrected chi connectivity index (χ2v) is 8.04. The van der Waals surface area contributed by atoms with E-state index in [9.17, 15) is 13.2 Å². The average Bonchev–Trinajstić information content (AvgIpc) is 3.15. The zero-order chi connectivity index (χ0) is 18.7. The lowest BCUT2D eigenvalue weighted by Crippen LogP contribution is -2.27. The molecule has 0 aliphatic carbocycles. The van der Waals surface area contributed by atoms with E-state index in [1.165, 1.54) is 6.26 Å². The van der Waals surface area contributed by atoms with Gasteiger partial charge in [0.15, 0.2) is 9.84 Å². The molecule has 0 saturated carbocycles. The fraction of sp³-hybridized carbons (Fsp3) is 0.158. The number of rotatable bonds is 5. The fourth-order valence-electron chi connectivity index (χ4n) is 2.66. The molecule has 1 atom stereocenters. The molecule has 3 rings (SSSR count). The van der Waals surface area contributed by atoms with Crippen molar-refractivity contribution < 1.29 is 13.2 Å². The van der Waals surface area contributed by atoms with Crippen LogP contribution in [0.1, 0.15) is 28.9 Å². The van der Waals surface area contributed by atoms with Gasteiger partial charge in [-0.2, -0.15) is 0 Å². The maximum Gasteiger partial charge on any atom is 0.252 e. The van der Waals surface area contributed by atoms with E-state index in [1.807, 2.05) is 19.1 Å². The van der Waals surface area contributed by atoms with Gasteiger partial charge in [0.25, 0.3) is 5.91 Å². The van der Waals surface area contributed by atoms with Crippen LogP contribution >= 0.6 is 0 Å². The van der Waals surface area contributed by atoms with Crippen molar-refractivity contribution in [2.45, 2.75) is 17.9 Å². The van der Waals surface area contributed by atoms with Crippen LogP contribution < -0.4 is 5.32 Å². The van der Waals surface area contributed by atoms with Gasteiger partial charge in [-0.25, -0.2) is 13.4 Å². The zero-order valence-electron chi connectivity index (χ0n) is 14.4. The number of benzene rings is 2. The average molecular weight is 369 g/mol. The van der Waals surface area contributed by atoms with E-state index < -0.39 is 9.84 Å². The van der Waals surface area contributed by atoms with Gasteiger partial charge < -0.3 is 10.3 Å². The standard InChI is InChI=1S/C19H19N3O3S/c1-13(14-7-9-15(10-8-14)26(2,24)25)22-19(23)17-6-4-3-5-16(17)18-20-11-12-21-18/h3-13H,1-2H3,(H,20,21)(H,22,23). The van der Waals surface area contributed by atoms with Gasteiger partial charge >= 0.3 is 0 Å². The summed E-state index contributed by atoms with van der Waals surface area (Å²) in [7, 11) is -3.24. The van der Waals surface area contributed by atoms with Crippen LogP contribution in [0, 0.1) is 0 Å². The normalized spacial score (nSPS) is 12.5. The highest BCUT2D eigenvalue weighted by molar-refractivity contribution is 7.90. The zero-order valence-corrected chi connectivity index (χ0v) is 15.2. The van der Waals surface area contributed by atoms with Crippen molar-refractivity contribution in [2.24, 2.45) is 0 Å². The highest BCUT2D eigenvalue weighted by atomic mass is 32.2. The van der Waals surface area contributed by atoms with Gasteiger partial charge in [-0.05, 0) is 30.7 Å². The minimum atomic E-state index is -3.24. The van der Waals surface area contributed by atoms with E-state index in [1.54, 1.807) is 48.8 Å². The molecule has 6 nitrogen and oxygen atoms in total. The number of carbonyl (C=O) groups excluding carboxylic acids is 1. The van der Waals surface area contributed by atoms with E-state index in [-0.39, 0.29) is 16.8 Å². The van der Waals surface area contributed by atoms with Crippen LogP contribution in [0.3, 0.4) is 0 Å². The second kappa shape index (κ2) is 7.13. The molecule has 2 N–H and O–H groups in total. The summed E-state index contributed by atoms with van der Waals surface area (Å²) in [6.45, 7) is 1.85. The summed E-state index contributed by atoms with van der Waals surface area (Å²) >= 11 is 0. The van der Waals surface area contributed by atoms with E-state index in [4.69, 9.17) is 0 Å². The summed E-state index contributed by atoms with van der Waals surface area (Å²) in [5, 5.41) is 2.94. The molecule has 0 saturated heterocycles. The van der Waals surface area contributed by atoms with Crippen LogP contribution in [0.4, 0.5) is 0 Å². The SMILES string of the molecule is CC(NC(=O)c1ccccc1-c1ncc[nH]1)c1ccc(S(C)(=O)=O)cc1. The first-order chi connectivity index (χ1) is 12.4. The highest BCUT2D eigenvalue weighted by Gasteiger charge is 2.17. The maximum absolute atomic E-state index is 12.7. The van der Waals surface area contributed by atoms with Gasteiger partial charge in [-0.3, -0.25) is 4.79 Å². The number of aromatic amines is 1. The molecule has 1 unspecified atom stereocenters. The molecule has 0 spiro atoms. The quantitative estimate of drug-likeness (QED) is 0.723. The molecule has 0 radical (unpaired) electrons. The third kappa shape index (κ3) is 3.83. The van der Waals surface area contributed by atoms with Gasteiger partial charge in [0, 0.05) is 24.2 Å². The molecule has 1 aromatic heterocycles. The Hall–Kier alpha value is -2.93. The number of nitrogens with one attached hydrogen (secondary N) is 2. The van der Waals surface area contributed by atoms with Crippen molar-refractivity contribution in [1.82, 2.24) is 15.3 Å². The van der Waals surface area contributed by atoms with E-state index in [0.717, 1.165) is 11.1 Å². The molecule has 134 valence electrons. The van der Waals surface area contributed by atoms with Crippen molar-refractivity contribution in [3.05, 3.63) is 72.1 Å². The molecular formula is C19H19N3O3S. The first-order valence-electron chi connectivity index (χ1n) is 8.06. The lowest BCUT2D eigenvalue weighted by Gasteiger charge is -2.16. The van der Waals surface area contributed by atoms with Crippen molar-refractivity contribution in [2.75, 3.05) is 6.26 Å². The summed E-state index contributed by atoms with van der Waals surface area (Å²) < 4.78 is 23.1. The van der Waals surface area contributed by atoms with E-state index >= 15 is 0 Å². The minimum Gasteiger partial charge on any atom is -0.345 e. The molecule has 0 fully saturated rings. The minimum absolute atomic E-state index is 0.225. The first kappa shape index (κ1) is 17.9. The van der Waals surface area contributed by atoms with Crippen LogP contribution in [0.25, 0.3) is 11.4 Å². The molecule has 0 aliphatic heterocycles. The summed E-state index contributed by atoms with van der Waals surface area (Å²) in [6, 6.07) is 13.5. The number of carbonyl (C=O) groups is 1. The largest absolute Gasteiger partial charge is 0.345 e. The third-order valence-corrected chi connectivity index (χ3v) is 5.21. The Labute approximate surface area is 152 Å². The Bertz CT molecular complexity index is 1010. The van der Waals surface area contributed by atoms with Crippen molar-refractivity contribution in [3.8, 4) is 11.4 Å². The molecule has 2 aromatic carbocycles. The van der Waals surface area contributed by atoms with E-state index in [2.05, 4.69) is 15.3 Å². The summed E-state index contributed by atoms with van der Waals surface area (Å²) in [6.07, 6.45) is 4.50. The first-order valence-corrected chi connectivity index (χ1v) is 9.95. The van der Waals surface area contributed by atoms with Crippen molar-refractivity contribution in [1.29, 1.82) is 0 Å². The number of imidazole rings is 1. The van der Waals surface area contributed by atoms with Crippen LogP contribution in [0.2, 0.25) is 0 Å². The van der Waals surface area contributed by atoms with Crippen LogP contribution in [-0.4, -0.2) is 30.5 Å². The molecular weight excluding hydrogens is 350 g/mol. The topological polar surface area (TPSA) is 91.9 Å². The number of H-pyrrole nitrogens is 1. The summed E-state index contributed by atoms with van der Waals surface area (Å²) in [4.78, 5) is 20.2. The number of amides is 1. The van der Waals surface area contributed by atoms with Crippen LogP contribution in [0.15, 0.2) is 65.8 Å². The molecule has 1 heterocycles.